The summed E-state index contributed by atoms with van der Waals surface area (Å²) >= 11 is 6.12. The molecular weight excluding hydrogens is 224 g/mol. The van der Waals surface area contributed by atoms with Gasteiger partial charge in [0.1, 0.15) is 0 Å². The largest absolute Gasteiger partial charge is 0.466 e. The fourth-order valence-electron chi connectivity index (χ4n) is 2.33. The lowest BCUT2D eigenvalue weighted by molar-refractivity contribution is -0.143. The Morgan fingerprint density at radius 2 is 2.38 bits per heavy atom. The number of halogens is 1. The molecule has 0 aliphatic heterocycles. The van der Waals surface area contributed by atoms with Crippen molar-refractivity contribution < 1.29 is 9.53 Å². The molecule has 1 aromatic rings. The van der Waals surface area contributed by atoms with Crippen molar-refractivity contribution in [3.63, 3.8) is 0 Å². The Bertz CT molecular complexity index is 401. The van der Waals surface area contributed by atoms with Crippen molar-refractivity contribution in [2.75, 3.05) is 6.61 Å². The molecule has 0 spiro atoms. The number of esters is 1. The molecule has 1 aliphatic rings. The summed E-state index contributed by atoms with van der Waals surface area (Å²) in [5, 5.41) is 0.823. The van der Waals surface area contributed by atoms with E-state index in [0.29, 0.717) is 13.0 Å². The Morgan fingerprint density at radius 1 is 1.56 bits per heavy atom. The van der Waals surface area contributed by atoms with Crippen LogP contribution < -0.4 is 0 Å². The Kier molecular flexibility index (Phi) is 3.49. The minimum Gasteiger partial charge on any atom is -0.466 e. The van der Waals surface area contributed by atoms with Crippen LogP contribution in [-0.4, -0.2) is 12.6 Å². The number of hydrogen-bond donors (Lipinski definition) is 0. The van der Waals surface area contributed by atoms with Gasteiger partial charge in [0.2, 0.25) is 0 Å². The number of benzene rings is 1. The van der Waals surface area contributed by atoms with Gasteiger partial charge in [-0.05, 0) is 42.9 Å². The number of fused-ring (bicyclic) bond motifs is 1. The summed E-state index contributed by atoms with van der Waals surface area (Å²) in [4.78, 5) is 11.4. The Balaban J connectivity index is 2.12. The maximum absolute atomic E-state index is 11.4. The van der Waals surface area contributed by atoms with Crippen molar-refractivity contribution in [1.29, 1.82) is 0 Å². The summed E-state index contributed by atoms with van der Waals surface area (Å²) < 4.78 is 4.98. The summed E-state index contributed by atoms with van der Waals surface area (Å²) in [7, 11) is 0. The summed E-state index contributed by atoms with van der Waals surface area (Å²) in [6.07, 6.45) is 2.44. The van der Waals surface area contributed by atoms with E-state index in [2.05, 4.69) is 6.07 Å². The van der Waals surface area contributed by atoms with Gasteiger partial charge in [-0.3, -0.25) is 4.79 Å². The quantitative estimate of drug-likeness (QED) is 0.755. The van der Waals surface area contributed by atoms with Crippen molar-refractivity contribution in [2.24, 2.45) is 0 Å². The highest BCUT2D eigenvalue weighted by Gasteiger charge is 2.26. The lowest BCUT2D eigenvalue weighted by atomic mass is 9.98. The van der Waals surface area contributed by atoms with Crippen LogP contribution in [0.4, 0.5) is 0 Å². The fraction of sp³-hybridized carbons (Fsp3) is 0.462. The van der Waals surface area contributed by atoms with Gasteiger partial charge >= 0.3 is 5.97 Å². The maximum Gasteiger partial charge on any atom is 0.306 e. The third-order valence-corrected chi connectivity index (χ3v) is 3.41. The number of carbonyl (C=O) groups excluding carboxylic acids is 1. The van der Waals surface area contributed by atoms with Crippen LogP contribution in [0.1, 0.15) is 36.8 Å². The normalized spacial score (nSPS) is 18.2. The van der Waals surface area contributed by atoms with Crippen LogP contribution in [0, 0.1) is 0 Å². The lowest BCUT2D eigenvalue weighted by Crippen LogP contribution is -2.08. The van der Waals surface area contributed by atoms with Gasteiger partial charge in [0, 0.05) is 5.02 Å². The molecule has 0 saturated heterocycles. The molecule has 0 bridgehead atoms. The molecule has 86 valence electrons. The molecule has 16 heavy (non-hydrogen) atoms. The zero-order valence-corrected chi connectivity index (χ0v) is 10.1. The number of rotatable bonds is 3. The second-order valence-corrected chi connectivity index (χ2v) is 4.46. The highest BCUT2D eigenvalue weighted by Crippen LogP contribution is 2.38. The van der Waals surface area contributed by atoms with Gasteiger partial charge in [-0.1, -0.05) is 23.7 Å². The minimum absolute atomic E-state index is 0.111. The molecular formula is C13H15ClO2. The molecule has 0 radical (unpaired) electrons. The SMILES string of the molecule is CCOC(=O)C[C@@H]1CCc2c(Cl)cccc21. The average molecular weight is 239 g/mol. The summed E-state index contributed by atoms with van der Waals surface area (Å²) in [6.45, 7) is 2.28. The molecule has 0 saturated carbocycles. The van der Waals surface area contributed by atoms with Crippen molar-refractivity contribution in [3.05, 3.63) is 34.3 Å². The standard InChI is InChI=1S/C13H15ClO2/c1-2-16-13(15)8-9-6-7-11-10(9)4-3-5-12(11)14/h3-5,9H,2,6-8H2,1H3/t9-/m0/s1. The number of carbonyl (C=O) groups is 1. The van der Waals surface area contributed by atoms with Gasteiger partial charge in [0.25, 0.3) is 0 Å². The number of hydrogen-bond acceptors (Lipinski definition) is 2. The van der Waals surface area contributed by atoms with Crippen LogP contribution in [-0.2, 0) is 16.0 Å². The van der Waals surface area contributed by atoms with Crippen molar-refractivity contribution >= 4 is 17.6 Å². The van der Waals surface area contributed by atoms with Gasteiger partial charge in [-0.15, -0.1) is 0 Å². The Morgan fingerprint density at radius 3 is 3.12 bits per heavy atom. The van der Waals surface area contributed by atoms with Crippen molar-refractivity contribution in [3.8, 4) is 0 Å². The minimum atomic E-state index is -0.111. The molecule has 2 rings (SSSR count). The van der Waals surface area contributed by atoms with Crippen LogP contribution in [0.25, 0.3) is 0 Å². The van der Waals surface area contributed by atoms with E-state index >= 15 is 0 Å². The van der Waals surface area contributed by atoms with Gasteiger partial charge in [0.15, 0.2) is 0 Å². The van der Waals surface area contributed by atoms with E-state index in [-0.39, 0.29) is 11.9 Å². The predicted molar refractivity (Wildman–Crippen MR) is 63.8 cm³/mol. The molecule has 0 unspecified atom stereocenters. The maximum atomic E-state index is 11.4. The van der Waals surface area contributed by atoms with E-state index in [0.717, 1.165) is 17.9 Å². The van der Waals surface area contributed by atoms with Crippen LogP contribution in [0.5, 0.6) is 0 Å². The summed E-state index contributed by atoms with van der Waals surface area (Å²) in [6, 6.07) is 5.93. The third-order valence-electron chi connectivity index (χ3n) is 3.06. The average Bonchev–Trinajstić information content (AvgIpc) is 2.64. The molecule has 0 N–H and O–H groups in total. The van der Waals surface area contributed by atoms with Gasteiger partial charge in [-0.2, -0.15) is 0 Å². The molecule has 0 fully saturated rings. The van der Waals surface area contributed by atoms with Crippen LogP contribution in [0.15, 0.2) is 18.2 Å². The second-order valence-electron chi connectivity index (χ2n) is 4.05. The molecule has 0 heterocycles. The topological polar surface area (TPSA) is 26.3 Å². The Labute approximate surface area is 101 Å². The van der Waals surface area contributed by atoms with Crippen molar-refractivity contribution in [2.45, 2.75) is 32.1 Å². The predicted octanol–water partition coefficient (Wildman–Crippen LogP) is 3.32. The second kappa shape index (κ2) is 4.88. The van der Waals surface area contributed by atoms with E-state index in [1.54, 1.807) is 0 Å². The summed E-state index contributed by atoms with van der Waals surface area (Å²) in [5.74, 6) is 0.174. The van der Waals surface area contributed by atoms with E-state index in [1.807, 2.05) is 19.1 Å². The van der Waals surface area contributed by atoms with E-state index in [1.165, 1.54) is 11.1 Å². The number of ether oxygens (including phenoxy) is 1. The van der Waals surface area contributed by atoms with Gasteiger partial charge < -0.3 is 4.74 Å². The van der Waals surface area contributed by atoms with Crippen LogP contribution in [0.2, 0.25) is 5.02 Å². The first kappa shape index (κ1) is 11.5. The van der Waals surface area contributed by atoms with Gasteiger partial charge in [0.05, 0.1) is 13.0 Å². The first-order chi connectivity index (χ1) is 7.72. The zero-order chi connectivity index (χ0) is 11.5. The highest BCUT2D eigenvalue weighted by atomic mass is 35.5. The molecule has 1 aliphatic carbocycles. The third kappa shape index (κ3) is 2.22. The van der Waals surface area contributed by atoms with E-state index in [4.69, 9.17) is 16.3 Å². The molecule has 1 aromatic carbocycles. The van der Waals surface area contributed by atoms with E-state index in [9.17, 15) is 4.79 Å². The van der Waals surface area contributed by atoms with Crippen LogP contribution in [0.3, 0.4) is 0 Å². The summed E-state index contributed by atoms with van der Waals surface area (Å²) in [5.41, 5.74) is 2.43. The monoisotopic (exact) mass is 238 g/mol. The first-order valence-electron chi connectivity index (χ1n) is 5.65. The zero-order valence-electron chi connectivity index (χ0n) is 9.33. The fourth-order valence-corrected chi connectivity index (χ4v) is 2.61. The van der Waals surface area contributed by atoms with Gasteiger partial charge in [-0.25, -0.2) is 0 Å². The highest BCUT2D eigenvalue weighted by molar-refractivity contribution is 6.31. The van der Waals surface area contributed by atoms with Crippen molar-refractivity contribution in [1.82, 2.24) is 0 Å². The molecule has 2 nitrogen and oxygen atoms in total. The Hall–Kier alpha value is -1.02. The molecule has 3 heteroatoms. The lowest BCUT2D eigenvalue weighted by Gasteiger charge is -2.10. The van der Waals surface area contributed by atoms with Crippen LogP contribution >= 0.6 is 11.6 Å². The molecule has 0 amide bonds. The molecule has 1 atom stereocenters. The first-order valence-corrected chi connectivity index (χ1v) is 6.03. The smallest absolute Gasteiger partial charge is 0.306 e. The van der Waals surface area contributed by atoms with E-state index < -0.39 is 0 Å². The molecule has 0 aromatic heterocycles.